The number of benzene rings is 2. The Balaban J connectivity index is 1.76. The molecule has 2 heterocycles. The summed E-state index contributed by atoms with van der Waals surface area (Å²) in [5.41, 5.74) is 6.77. The van der Waals surface area contributed by atoms with Crippen LogP contribution >= 0.6 is 34.8 Å². The fraction of sp³-hybridized carbons (Fsp3) is 0.160. The summed E-state index contributed by atoms with van der Waals surface area (Å²) in [7, 11) is 0. The highest BCUT2D eigenvalue weighted by atomic mass is 127. The van der Waals surface area contributed by atoms with E-state index in [2.05, 4.69) is 57.6 Å². The average Bonchev–Trinajstić information content (AvgIpc) is 3.01. The number of aryl methyl sites for hydroxylation is 3. The van der Waals surface area contributed by atoms with E-state index in [1.54, 1.807) is 6.08 Å². The Hall–Kier alpha value is -2.78. The van der Waals surface area contributed by atoms with E-state index in [0.717, 1.165) is 28.2 Å². The Bertz CT molecular complexity index is 1310. The monoisotopic (exact) mass is 555 g/mol. The third-order valence-corrected chi connectivity index (χ3v) is 7.06. The number of carbonyl (C=O) groups excluding carboxylic acids is 2. The second-order valence-electron chi connectivity index (χ2n) is 7.89. The van der Waals surface area contributed by atoms with Gasteiger partial charge in [-0.3, -0.25) is 19.8 Å². The third-order valence-electron chi connectivity index (χ3n) is 5.56. The van der Waals surface area contributed by atoms with E-state index in [-0.39, 0.29) is 10.7 Å². The van der Waals surface area contributed by atoms with Gasteiger partial charge in [-0.2, -0.15) is 0 Å². The van der Waals surface area contributed by atoms with E-state index in [0.29, 0.717) is 5.69 Å². The number of hydrogen-bond acceptors (Lipinski definition) is 3. The number of nitrogens with one attached hydrogen (secondary N) is 1. The Morgan fingerprint density at radius 2 is 1.59 bits per heavy atom. The number of hydrogen-bond donors (Lipinski definition) is 1. The topological polar surface area (TPSA) is 54.3 Å². The van der Waals surface area contributed by atoms with Crippen LogP contribution in [-0.2, 0) is 9.59 Å². The van der Waals surface area contributed by atoms with Gasteiger partial charge in [-0.05, 0) is 116 Å². The molecule has 2 aromatic carbocycles. The van der Waals surface area contributed by atoms with Gasteiger partial charge in [0.1, 0.15) is 5.57 Å². The van der Waals surface area contributed by atoms with Crippen molar-refractivity contribution in [2.75, 3.05) is 4.90 Å². The van der Waals surface area contributed by atoms with Crippen molar-refractivity contribution in [3.8, 4) is 5.69 Å². The fourth-order valence-electron chi connectivity index (χ4n) is 3.84. The Labute approximate surface area is 206 Å². The number of thiocarbonyl (C=S) groups is 1. The lowest BCUT2D eigenvalue weighted by atomic mass is 10.1. The number of anilines is 1. The fourth-order valence-corrected chi connectivity index (χ4v) is 4.46. The first kappa shape index (κ1) is 22.4. The number of carbonyl (C=O) groups is 2. The zero-order valence-corrected chi connectivity index (χ0v) is 21.2. The van der Waals surface area contributed by atoms with E-state index in [1.807, 2.05) is 51.1 Å². The number of aromatic nitrogens is 1. The normalized spacial score (nSPS) is 15.5. The molecular weight excluding hydrogens is 533 g/mol. The minimum atomic E-state index is -0.488. The maximum atomic E-state index is 13.3. The number of nitrogens with zero attached hydrogens (tertiary/aromatic N) is 2. The first-order valence-electron chi connectivity index (χ1n) is 10.1. The van der Waals surface area contributed by atoms with Gasteiger partial charge in [0.25, 0.3) is 11.8 Å². The van der Waals surface area contributed by atoms with Gasteiger partial charge in [0, 0.05) is 20.6 Å². The van der Waals surface area contributed by atoms with Crippen molar-refractivity contribution in [1.82, 2.24) is 9.88 Å². The van der Waals surface area contributed by atoms with Crippen LogP contribution in [-0.4, -0.2) is 21.5 Å². The summed E-state index contributed by atoms with van der Waals surface area (Å²) in [5.74, 6) is -0.921. The zero-order chi connectivity index (χ0) is 23.2. The van der Waals surface area contributed by atoms with Crippen LogP contribution < -0.4 is 10.2 Å². The predicted molar refractivity (Wildman–Crippen MR) is 140 cm³/mol. The molecule has 5 nitrogen and oxygen atoms in total. The quantitative estimate of drug-likeness (QED) is 0.211. The molecule has 32 heavy (non-hydrogen) atoms. The highest BCUT2D eigenvalue weighted by Gasteiger charge is 2.34. The molecule has 0 atom stereocenters. The van der Waals surface area contributed by atoms with Crippen LogP contribution in [0.25, 0.3) is 11.8 Å². The van der Waals surface area contributed by atoms with E-state index >= 15 is 0 Å². The first-order chi connectivity index (χ1) is 15.2. The molecule has 0 saturated carbocycles. The van der Waals surface area contributed by atoms with Gasteiger partial charge in [0.15, 0.2) is 5.11 Å². The molecule has 1 aliphatic rings. The van der Waals surface area contributed by atoms with Gasteiger partial charge in [-0.25, -0.2) is 0 Å². The molecule has 4 rings (SSSR count). The van der Waals surface area contributed by atoms with Crippen molar-refractivity contribution < 1.29 is 9.59 Å². The molecule has 1 fully saturated rings. The van der Waals surface area contributed by atoms with Gasteiger partial charge >= 0.3 is 0 Å². The molecule has 162 valence electrons. The highest BCUT2D eigenvalue weighted by Crippen LogP contribution is 2.27. The van der Waals surface area contributed by atoms with Gasteiger partial charge < -0.3 is 4.57 Å². The molecule has 0 bridgehead atoms. The van der Waals surface area contributed by atoms with Crippen molar-refractivity contribution in [2.24, 2.45) is 0 Å². The molecule has 2 amide bonds. The minimum Gasteiger partial charge on any atom is -0.318 e. The van der Waals surface area contributed by atoms with Gasteiger partial charge in [-0.15, -0.1) is 0 Å². The molecule has 1 saturated heterocycles. The number of amides is 2. The largest absolute Gasteiger partial charge is 0.318 e. The second kappa shape index (κ2) is 8.63. The third kappa shape index (κ3) is 4.02. The van der Waals surface area contributed by atoms with E-state index in [9.17, 15) is 9.59 Å². The Morgan fingerprint density at radius 1 is 0.938 bits per heavy atom. The van der Waals surface area contributed by atoms with Gasteiger partial charge in [0.2, 0.25) is 0 Å². The van der Waals surface area contributed by atoms with Crippen LogP contribution in [0.15, 0.2) is 54.1 Å². The molecule has 1 N–H and O–H groups in total. The van der Waals surface area contributed by atoms with Crippen molar-refractivity contribution in [1.29, 1.82) is 0 Å². The van der Waals surface area contributed by atoms with E-state index in [4.69, 9.17) is 12.2 Å². The van der Waals surface area contributed by atoms with Gasteiger partial charge in [0.05, 0.1) is 5.69 Å². The van der Waals surface area contributed by atoms with Crippen LogP contribution in [0.4, 0.5) is 5.69 Å². The highest BCUT2D eigenvalue weighted by molar-refractivity contribution is 14.1. The summed E-state index contributed by atoms with van der Waals surface area (Å²) in [6.07, 6.45) is 1.65. The molecule has 7 heteroatoms. The number of rotatable bonds is 3. The molecule has 1 aliphatic heterocycles. The average molecular weight is 555 g/mol. The van der Waals surface area contributed by atoms with Crippen LogP contribution in [0.3, 0.4) is 0 Å². The first-order valence-corrected chi connectivity index (χ1v) is 11.6. The lowest BCUT2D eigenvalue weighted by Crippen LogP contribution is -2.54. The summed E-state index contributed by atoms with van der Waals surface area (Å²) in [4.78, 5) is 27.3. The SMILES string of the molecule is Cc1ccc(N2C(=O)/C(=C\c3cc(C)n(-c4ccc(I)c(C)c4)c3C)C(=O)NC2=S)cc1. The predicted octanol–water partition coefficient (Wildman–Crippen LogP) is 5.15. The summed E-state index contributed by atoms with van der Waals surface area (Å²) in [6.45, 7) is 8.05. The maximum Gasteiger partial charge on any atom is 0.270 e. The number of halogens is 1. The van der Waals surface area contributed by atoms with Gasteiger partial charge in [-0.1, -0.05) is 17.7 Å². The van der Waals surface area contributed by atoms with Crippen LogP contribution in [0.5, 0.6) is 0 Å². The summed E-state index contributed by atoms with van der Waals surface area (Å²) < 4.78 is 3.33. The van der Waals surface area contributed by atoms with Crippen LogP contribution in [0, 0.1) is 31.3 Å². The molecule has 0 aliphatic carbocycles. The standard InChI is InChI=1S/C25H22IN3O2S/c1-14-5-7-19(8-6-14)29-24(31)21(23(30)27-25(29)32)13-18-12-16(3)28(17(18)4)20-9-10-22(26)15(2)11-20/h5-13H,1-4H3,(H,27,30,32)/b21-13-. The lowest BCUT2D eigenvalue weighted by Gasteiger charge is -2.29. The van der Waals surface area contributed by atoms with Crippen LogP contribution in [0.2, 0.25) is 0 Å². The van der Waals surface area contributed by atoms with Crippen molar-refractivity contribution in [3.05, 3.63) is 85.8 Å². The maximum absolute atomic E-state index is 13.3. The van der Waals surface area contributed by atoms with E-state index in [1.165, 1.54) is 14.0 Å². The van der Waals surface area contributed by atoms with Crippen molar-refractivity contribution >= 4 is 63.5 Å². The van der Waals surface area contributed by atoms with Crippen LogP contribution in [0.1, 0.15) is 28.1 Å². The lowest BCUT2D eigenvalue weighted by molar-refractivity contribution is -0.122. The molecule has 0 unspecified atom stereocenters. The van der Waals surface area contributed by atoms with Crippen molar-refractivity contribution in [3.63, 3.8) is 0 Å². The zero-order valence-electron chi connectivity index (χ0n) is 18.2. The smallest absolute Gasteiger partial charge is 0.270 e. The molecular formula is C25H22IN3O2S. The second-order valence-corrected chi connectivity index (χ2v) is 9.44. The summed E-state index contributed by atoms with van der Waals surface area (Å²) in [6, 6.07) is 15.7. The molecule has 0 spiro atoms. The minimum absolute atomic E-state index is 0.0539. The van der Waals surface area contributed by atoms with Crippen molar-refractivity contribution in [2.45, 2.75) is 27.7 Å². The molecule has 3 aromatic rings. The summed E-state index contributed by atoms with van der Waals surface area (Å²) >= 11 is 7.61. The molecule has 1 aromatic heterocycles. The Morgan fingerprint density at radius 3 is 2.25 bits per heavy atom. The molecule has 0 radical (unpaired) electrons. The summed E-state index contributed by atoms with van der Waals surface area (Å²) in [5, 5.41) is 2.74. The van der Waals surface area contributed by atoms with E-state index < -0.39 is 11.8 Å². The Kier molecular flexibility index (Phi) is 6.05.